The second-order valence-corrected chi connectivity index (χ2v) is 6.38. The Balaban J connectivity index is 3.06. The Bertz CT molecular complexity index is 223. The van der Waals surface area contributed by atoms with Crippen LogP contribution in [0.25, 0.3) is 0 Å². The van der Waals surface area contributed by atoms with Gasteiger partial charge in [-0.15, -0.1) is 0 Å². The molecule has 0 spiro atoms. The molecule has 1 rings (SSSR count). The molecule has 0 amide bonds. The van der Waals surface area contributed by atoms with Crippen LogP contribution in [0.15, 0.2) is 0 Å². The Labute approximate surface area is 68.9 Å². The van der Waals surface area contributed by atoms with Crippen molar-refractivity contribution < 1.29 is 8.42 Å². The van der Waals surface area contributed by atoms with Gasteiger partial charge in [-0.2, -0.15) is 0 Å². The molecule has 0 aliphatic carbocycles. The fourth-order valence-corrected chi connectivity index (χ4v) is 4.16. The van der Waals surface area contributed by atoms with Crippen LogP contribution in [-0.2, 0) is 9.84 Å². The molecule has 0 saturated carbocycles. The van der Waals surface area contributed by atoms with Crippen LogP contribution in [0.4, 0.5) is 0 Å². The third kappa shape index (κ3) is 1.10. The summed E-state index contributed by atoms with van der Waals surface area (Å²) >= 11 is 0. The Morgan fingerprint density at radius 2 is 1.09 bits per heavy atom. The standard InChI is InChI=1S/C8H16O2S/c1-5-6(2)8(4)11(9,10)7(5)3/h5-8H,1-4H3/t5-,6+,7-,8+. The molecule has 0 bridgehead atoms. The molecule has 1 aliphatic rings. The summed E-state index contributed by atoms with van der Waals surface area (Å²) < 4.78 is 23.0. The minimum Gasteiger partial charge on any atom is -0.228 e. The smallest absolute Gasteiger partial charge is 0.156 e. The molecule has 1 saturated heterocycles. The number of hydrogen-bond acceptors (Lipinski definition) is 2. The highest BCUT2D eigenvalue weighted by Crippen LogP contribution is 2.36. The van der Waals surface area contributed by atoms with Crippen LogP contribution < -0.4 is 0 Å². The molecule has 0 unspecified atom stereocenters. The second-order valence-electron chi connectivity index (χ2n) is 3.72. The molecule has 1 fully saturated rings. The molecular formula is C8H16O2S. The first kappa shape index (κ1) is 9.04. The zero-order valence-electron chi connectivity index (χ0n) is 7.53. The summed E-state index contributed by atoms with van der Waals surface area (Å²) in [6.07, 6.45) is 0. The van der Waals surface area contributed by atoms with Gasteiger partial charge in [0, 0.05) is 0 Å². The quantitative estimate of drug-likeness (QED) is 0.560. The Morgan fingerprint density at radius 3 is 1.18 bits per heavy atom. The molecule has 0 aromatic heterocycles. The molecule has 11 heavy (non-hydrogen) atoms. The lowest BCUT2D eigenvalue weighted by Crippen LogP contribution is -2.20. The molecule has 0 N–H and O–H groups in total. The van der Waals surface area contributed by atoms with Crippen molar-refractivity contribution in [2.45, 2.75) is 38.2 Å². The number of rotatable bonds is 0. The maximum absolute atomic E-state index is 11.5. The van der Waals surface area contributed by atoms with E-state index in [9.17, 15) is 8.42 Å². The monoisotopic (exact) mass is 176 g/mol. The van der Waals surface area contributed by atoms with Gasteiger partial charge in [-0.1, -0.05) is 13.8 Å². The van der Waals surface area contributed by atoms with Crippen molar-refractivity contribution in [1.29, 1.82) is 0 Å². The van der Waals surface area contributed by atoms with E-state index < -0.39 is 9.84 Å². The average Bonchev–Trinajstić information content (AvgIpc) is 2.06. The predicted octanol–water partition coefficient (Wildman–Crippen LogP) is 1.46. The van der Waals surface area contributed by atoms with Crippen LogP contribution in [0.1, 0.15) is 27.7 Å². The van der Waals surface area contributed by atoms with E-state index in [1.54, 1.807) is 0 Å². The van der Waals surface area contributed by atoms with Gasteiger partial charge in [0.25, 0.3) is 0 Å². The van der Waals surface area contributed by atoms with Crippen LogP contribution in [0.3, 0.4) is 0 Å². The van der Waals surface area contributed by atoms with E-state index in [0.29, 0.717) is 11.8 Å². The SMILES string of the molecule is C[C@@H]1[C@H](C)[C@H](C)S(=O)(=O)[C@@H]1C. The van der Waals surface area contributed by atoms with Gasteiger partial charge in [0.1, 0.15) is 0 Å². The maximum atomic E-state index is 11.5. The largest absolute Gasteiger partial charge is 0.228 e. The van der Waals surface area contributed by atoms with Gasteiger partial charge in [-0.3, -0.25) is 0 Å². The molecule has 4 atom stereocenters. The summed E-state index contributed by atoms with van der Waals surface area (Å²) in [6.45, 7) is 7.69. The molecule has 1 aliphatic heterocycles. The van der Waals surface area contributed by atoms with Gasteiger partial charge in [0.05, 0.1) is 10.5 Å². The highest BCUT2D eigenvalue weighted by atomic mass is 32.2. The lowest BCUT2D eigenvalue weighted by molar-refractivity contribution is 0.413. The fourth-order valence-electron chi connectivity index (χ4n) is 1.79. The van der Waals surface area contributed by atoms with Crippen LogP contribution in [-0.4, -0.2) is 18.9 Å². The van der Waals surface area contributed by atoms with Gasteiger partial charge in [-0.25, -0.2) is 8.42 Å². The summed E-state index contributed by atoms with van der Waals surface area (Å²) in [6, 6.07) is 0. The van der Waals surface area contributed by atoms with Gasteiger partial charge in [-0.05, 0) is 25.7 Å². The third-order valence-corrected chi connectivity index (χ3v) is 6.28. The van der Waals surface area contributed by atoms with E-state index in [1.165, 1.54) is 0 Å². The van der Waals surface area contributed by atoms with Crippen LogP contribution in [0.2, 0.25) is 0 Å². The van der Waals surface area contributed by atoms with Crippen molar-refractivity contribution in [3.05, 3.63) is 0 Å². The molecule has 1 heterocycles. The normalized spacial score (nSPS) is 49.5. The van der Waals surface area contributed by atoms with Gasteiger partial charge in [0.2, 0.25) is 0 Å². The van der Waals surface area contributed by atoms with E-state index in [2.05, 4.69) is 0 Å². The first-order valence-electron chi connectivity index (χ1n) is 4.11. The zero-order chi connectivity index (χ0) is 8.81. The summed E-state index contributed by atoms with van der Waals surface area (Å²) in [5.41, 5.74) is 0. The lowest BCUT2D eigenvalue weighted by atomic mass is 9.92. The van der Waals surface area contributed by atoms with Crippen LogP contribution in [0.5, 0.6) is 0 Å². The van der Waals surface area contributed by atoms with Crippen LogP contribution in [0, 0.1) is 11.8 Å². The Hall–Kier alpha value is -0.0500. The van der Waals surface area contributed by atoms with Gasteiger partial charge >= 0.3 is 0 Å². The highest BCUT2D eigenvalue weighted by Gasteiger charge is 2.45. The minimum absolute atomic E-state index is 0.146. The molecule has 0 radical (unpaired) electrons. The van der Waals surface area contributed by atoms with Crippen molar-refractivity contribution in [2.75, 3.05) is 0 Å². The number of sulfone groups is 1. The van der Waals surface area contributed by atoms with Crippen molar-refractivity contribution in [3.63, 3.8) is 0 Å². The van der Waals surface area contributed by atoms with Crippen LogP contribution >= 0.6 is 0 Å². The van der Waals surface area contributed by atoms with E-state index in [1.807, 2.05) is 27.7 Å². The molecule has 66 valence electrons. The topological polar surface area (TPSA) is 34.1 Å². The van der Waals surface area contributed by atoms with Crippen molar-refractivity contribution in [2.24, 2.45) is 11.8 Å². The molecule has 3 heteroatoms. The fraction of sp³-hybridized carbons (Fsp3) is 1.00. The third-order valence-electron chi connectivity index (χ3n) is 3.35. The minimum atomic E-state index is -2.80. The number of hydrogen-bond donors (Lipinski definition) is 0. The highest BCUT2D eigenvalue weighted by molar-refractivity contribution is 7.92. The average molecular weight is 176 g/mol. The second kappa shape index (κ2) is 2.47. The summed E-state index contributed by atoms with van der Waals surface area (Å²) in [5.74, 6) is 0.630. The molecule has 2 nitrogen and oxygen atoms in total. The van der Waals surface area contributed by atoms with E-state index >= 15 is 0 Å². The van der Waals surface area contributed by atoms with E-state index in [0.717, 1.165) is 0 Å². The summed E-state index contributed by atoms with van der Waals surface area (Å²) in [7, 11) is -2.80. The predicted molar refractivity (Wildman–Crippen MR) is 46.2 cm³/mol. The van der Waals surface area contributed by atoms with Gasteiger partial charge in [0.15, 0.2) is 9.84 Å². The first-order valence-corrected chi connectivity index (χ1v) is 5.72. The Kier molecular flexibility index (Phi) is 2.03. The van der Waals surface area contributed by atoms with E-state index in [-0.39, 0.29) is 10.5 Å². The van der Waals surface area contributed by atoms with Crippen molar-refractivity contribution in [3.8, 4) is 0 Å². The van der Waals surface area contributed by atoms with E-state index in [4.69, 9.17) is 0 Å². The maximum Gasteiger partial charge on any atom is 0.156 e. The van der Waals surface area contributed by atoms with Gasteiger partial charge < -0.3 is 0 Å². The summed E-state index contributed by atoms with van der Waals surface area (Å²) in [4.78, 5) is 0. The molecule has 0 aromatic carbocycles. The first-order chi connectivity index (χ1) is 4.89. The lowest BCUT2D eigenvalue weighted by Gasteiger charge is -2.11. The summed E-state index contributed by atoms with van der Waals surface area (Å²) in [5, 5.41) is -0.292. The molecular weight excluding hydrogens is 160 g/mol. The van der Waals surface area contributed by atoms with Crippen molar-refractivity contribution >= 4 is 9.84 Å². The molecule has 0 aromatic rings. The zero-order valence-corrected chi connectivity index (χ0v) is 8.35. The van der Waals surface area contributed by atoms with Crippen molar-refractivity contribution in [1.82, 2.24) is 0 Å². The Morgan fingerprint density at radius 1 is 0.818 bits per heavy atom.